The van der Waals surface area contributed by atoms with Crippen molar-refractivity contribution >= 4 is 65.0 Å². The molecule has 47 heavy (non-hydrogen) atoms. The Morgan fingerprint density at radius 2 is 0.830 bits per heavy atom. The minimum absolute atomic E-state index is 0.581. The minimum Gasteiger partial charge on any atom is -0.456 e. The normalized spacial score (nSPS) is 20.2. The first-order chi connectivity index (χ1) is 35.0. The summed E-state index contributed by atoms with van der Waals surface area (Å²) in [6, 6.07) is -26.1. The lowest BCUT2D eigenvalue weighted by Crippen LogP contribution is -1.91. The highest BCUT2D eigenvalue weighted by Crippen LogP contribution is 2.47. The Hall–Kier alpha value is -6.18. The van der Waals surface area contributed by atoms with Crippen LogP contribution in [0, 0.1) is 0 Å². The van der Waals surface area contributed by atoms with Crippen LogP contribution in [0.25, 0.3) is 98.4 Å². The van der Waals surface area contributed by atoms with E-state index in [1.54, 1.807) is 0 Å². The number of rotatable bonds is 3. The Morgan fingerprint density at radius 3 is 1.49 bits per heavy atom. The molecule has 0 unspecified atom stereocenters. The van der Waals surface area contributed by atoms with Crippen LogP contribution in [-0.4, -0.2) is 0 Å². The topological polar surface area (TPSA) is 13.1 Å². The van der Waals surface area contributed by atoms with Crippen LogP contribution >= 0.6 is 0 Å². The maximum Gasteiger partial charge on any atom is 0.136 e. The number of hydrogen-bond acceptors (Lipinski definition) is 1. The number of hydrogen-bond donors (Lipinski definition) is 0. The molecule has 1 aromatic heterocycles. The van der Waals surface area contributed by atoms with Crippen molar-refractivity contribution in [2.24, 2.45) is 0 Å². The van der Waals surface area contributed by atoms with Gasteiger partial charge < -0.3 is 4.42 Å². The monoisotopic (exact) mass is 624 g/mol. The predicted octanol–water partition coefficient (Wildman–Crippen LogP) is 13.2. The zero-order valence-corrected chi connectivity index (χ0v) is 23.4. The van der Waals surface area contributed by atoms with Crippen LogP contribution in [0.3, 0.4) is 0 Å². The van der Waals surface area contributed by atoms with E-state index in [0.717, 1.165) is 0 Å². The standard InChI is InChI=1S/C46H28O/c1-3-16-32-29(12-1)14-9-22-34(32)36-24-11-25-43-46(36)41-28-31(26-27-42(41)47-43)44-37-18-5-7-20-39(37)45(40-21-8-6-19-38(40)44)35-23-10-15-30-13-2-4-17-33(30)35/h1-28H/i1D,2D,3D,4D,5D,6D,7D,8D,9D,10D,11D,12D,13D,14D,15D,16D,17D,18D,19D,20D,21D,22D,23D,24D,25D,26D,27D,28D. The first kappa shape index (κ1) is 10.7. The summed E-state index contributed by atoms with van der Waals surface area (Å²) in [7, 11) is 0. The molecule has 0 aliphatic rings. The van der Waals surface area contributed by atoms with Crippen LogP contribution in [0.5, 0.6) is 0 Å². The SMILES string of the molecule is [2H]c1c(-c2c3c([2H])c([2H])c([2H])c([2H])c3c(-c3c([2H])c([2H])c([2H])c4c([2H])c([2H])c([2H])c([2H])c34)c3c([2H])c([2H])c([2H])c([2H])c23)c([2H])c2c(oc3c([2H])c([2H])c([2H])c(-c4c([2H])c([2H])c([2H])c5c([2H])c([2H])c([2H])c([2H])c45)c32)c1[2H]. The quantitative estimate of drug-likeness (QED) is 0.178. The van der Waals surface area contributed by atoms with E-state index in [2.05, 4.69) is 0 Å². The van der Waals surface area contributed by atoms with Gasteiger partial charge in [-0.3, -0.25) is 0 Å². The smallest absolute Gasteiger partial charge is 0.136 e. The second-order valence-electron chi connectivity index (χ2n) is 10.3. The molecule has 1 heterocycles. The third-order valence-electron chi connectivity index (χ3n) is 7.82. The second kappa shape index (κ2) is 10.2. The van der Waals surface area contributed by atoms with E-state index in [1.165, 1.54) is 0 Å². The van der Waals surface area contributed by atoms with Crippen molar-refractivity contribution in [1.29, 1.82) is 0 Å². The summed E-state index contributed by atoms with van der Waals surface area (Å²) >= 11 is 0. The maximum atomic E-state index is 10.1. The van der Waals surface area contributed by atoms with Crippen molar-refractivity contribution in [2.75, 3.05) is 0 Å². The van der Waals surface area contributed by atoms with Gasteiger partial charge in [-0.1, -0.05) is 151 Å². The van der Waals surface area contributed by atoms with E-state index in [4.69, 9.17) is 30.5 Å². The highest BCUT2D eigenvalue weighted by atomic mass is 16.3. The van der Waals surface area contributed by atoms with Crippen molar-refractivity contribution in [3.8, 4) is 33.4 Å². The largest absolute Gasteiger partial charge is 0.456 e. The molecule has 0 radical (unpaired) electrons. The zero-order valence-electron chi connectivity index (χ0n) is 51.4. The molecule has 0 fully saturated rings. The number of benzene rings is 9. The van der Waals surface area contributed by atoms with Gasteiger partial charge in [0, 0.05) is 10.8 Å². The van der Waals surface area contributed by atoms with Crippen molar-refractivity contribution in [3.05, 3.63) is 169 Å². The number of fused-ring (bicyclic) bond motifs is 7. The maximum absolute atomic E-state index is 10.1. The van der Waals surface area contributed by atoms with Crippen molar-refractivity contribution in [3.63, 3.8) is 0 Å². The summed E-state index contributed by atoms with van der Waals surface area (Å²) in [5.74, 6) is 0. The molecule has 0 atom stereocenters. The van der Waals surface area contributed by atoms with Crippen LogP contribution in [0.1, 0.15) is 38.4 Å². The summed E-state index contributed by atoms with van der Waals surface area (Å²) in [5, 5.41) is -6.68. The summed E-state index contributed by atoms with van der Waals surface area (Å²) in [4.78, 5) is 0. The minimum atomic E-state index is -1.02. The lowest BCUT2D eigenvalue weighted by atomic mass is 9.84. The van der Waals surface area contributed by atoms with E-state index < -0.39 is 268 Å². The first-order valence-electron chi connectivity index (χ1n) is 27.9. The molecule has 0 amide bonds. The molecule has 10 rings (SSSR count). The second-order valence-corrected chi connectivity index (χ2v) is 10.3. The lowest BCUT2D eigenvalue weighted by Gasteiger charge is -2.19. The fraction of sp³-hybridized carbons (Fsp3) is 0. The van der Waals surface area contributed by atoms with Crippen molar-refractivity contribution < 1.29 is 42.8 Å². The summed E-state index contributed by atoms with van der Waals surface area (Å²) in [6.45, 7) is 0. The average Bonchev–Trinajstić information content (AvgIpc) is 3.84. The Kier molecular flexibility index (Phi) is 2.31. The Balaban J connectivity index is 1.54. The van der Waals surface area contributed by atoms with Gasteiger partial charge in [0.1, 0.15) is 11.2 Å². The molecule has 0 N–H and O–H groups in total. The summed E-state index contributed by atoms with van der Waals surface area (Å²) in [5.41, 5.74) is -5.77. The van der Waals surface area contributed by atoms with Gasteiger partial charge in [0.05, 0.1) is 38.4 Å². The third kappa shape index (κ3) is 3.90. The Morgan fingerprint density at radius 1 is 0.340 bits per heavy atom. The Labute approximate surface area is 311 Å². The van der Waals surface area contributed by atoms with Crippen LogP contribution in [0.4, 0.5) is 0 Å². The molecule has 9 aromatic carbocycles. The van der Waals surface area contributed by atoms with Crippen LogP contribution in [0.2, 0.25) is 0 Å². The van der Waals surface area contributed by atoms with Crippen LogP contribution in [-0.2, 0) is 0 Å². The molecule has 0 saturated carbocycles. The van der Waals surface area contributed by atoms with E-state index in [-0.39, 0.29) is 0 Å². The molecule has 218 valence electrons. The van der Waals surface area contributed by atoms with Gasteiger partial charge in [0.15, 0.2) is 0 Å². The molecule has 1 nitrogen and oxygen atoms in total. The van der Waals surface area contributed by atoms with E-state index in [1.807, 2.05) is 0 Å². The lowest BCUT2D eigenvalue weighted by molar-refractivity contribution is 0.669. The van der Waals surface area contributed by atoms with Gasteiger partial charge in [0.2, 0.25) is 0 Å². The summed E-state index contributed by atoms with van der Waals surface area (Å²) < 4.78 is 259. The van der Waals surface area contributed by atoms with Crippen LogP contribution < -0.4 is 0 Å². The fourth-order valence-electron chi connectivity index (χ4n) is 5.89. The van der Waals surface area contributed by atoms with Gasteiger partial charge in [-0.05, 0) is 94.6 Å². The molecular formula is C46H28O. The molecule has 0 bridgehead atoms. The molecule has 0 spiro atoms. The highest BCUT2D eigenvalue weighted by molar-refractivity contribution is 6.24. The zero-order chi connectivity index (χ0) is 55.3. The summed E-state index contributed by atoms with van der Waals surface area (Å²) in [6.07, 6.45) is 0. The average molecular weight is 625 g/mol. The van der Waals surface area contributed by atoms with E-state index >= 15 is 0 Å². The highest BCUT2D eigenvalue weighted by Gasteiger charge is 2.20. The third-order valence-corrected chi connectivity index (χ3v) is 7.82. The van der Waals surface area contributed by atoms with E-state index in [0.29, 0.717) is 0 Å². The predicted molar refractivity (Wildman–Crippen MR) is 200 cm³/mol. The van der Waals surface area contributed by atoms with Gasteiger partial charge in [-0.2, -0.15) is 0 Å². The Bertz CT molecular complexity index is 4350. The van der Waals surface area contributed by atoms with Crippen molar-refractivity contribution in [1.82, 2.24) is 0 Å². The van der Waals surface area contributed by atoms with Crippen molar-refractivity contribution in [2.45, 2.75) is 0 Å². The van der Waals surface area contributed by atoms with Crippen LogP contribution in [0.15, 0.2) is 174 Å². The van der Waals surface area contributed by atoms with Gasteiger partial charge >= 0.3 is 0 Å². The number of furan rings is 1. The fourth-order valence-corrected chi connectivity index (χ4v) is 5.89. The molecule has 0 aliphatic carbocycles. The molecule has 10 aromatic rings. The van der Waals surface area contributed by atoms with Gasteiger partial charge in [-0.25, -0.2) is 0 Å². The molecule has 1 heteroatoms. The first-order valence-corrected chi connectivity index (χ1v) is 13.9. The van der Waals surface area contributed by atoms with Gasteiger partial charge in [-0.15, -0.1) is 0 Å². The van der Waals surface area contributed by atoms with E-state index in [9.17, 15) is 12.3 Å². The molecular weight excluding hydrogens is 569 g/mol. The molecule has 0 aliphatic heterocycles. The van der Waals surface area contributed by atoms with Gasteiger partial charge in [0.25, 0.3) is 0 Å². The molecule has 0 saturated heterocycles.